The van der Waals surface area contributed by atoms with Crippen LogP contribution in [0, 0.1) is 5.92 Å². The van der Waals surface area contributed by atoms with Crippen LogP contribution in [0.1, 0.15) is 30.1 Å². The molecular weight excluding hydrogens is 246 g/mol. The van der Waals surface area contributed by atoms with Crippen molar-refractivity contribution in [3.63, 3.8) is 0 Å². The van der Waals surface area contributed by atoms with Crippen LogP contribution in [-0.2, 0) is 6.18 Å². The van der Waals surface area contributed by atoms with E-state index in [0.29, 0.717) is 5.56 Å². The van der Waals surface area contributed by atoms with Crippen LogP contribution in [0.4, 0.5) is 17.6 Å². The van der Waals surface area contributed by atoms with Crippen molar-refractivity contribution in [2.24, 2.45) is 5.92 Å². The largest absolute Gasteiger partial charge is 0.416 e. The molecule has 100 valence electrons. The molecule has 1 heterocycles. The Hall–Kier alpha value is -1.10. The van der Waals surface area contributed by atoms with Gasteiger partial charge in [0.1, 0.15) is 6.17 Å². The topological polar surface area (TPSA) is 12.0 Å². The lowest BCUT2D eigenvalue weighted by molar-refractivity contribution is -0.137. The Morgan fingerprint density at radius 3 is 2.11 bits per heavy atom. The summed E-state index contributed by atoms with van der Waals surface area (Å²) in [4.78, 5) is 0. The Morgan fingerprint density at radius 2 is 1.61 bits per heavy atom. The van der Waals surface area contributed by atoms with Crippen LogP contribution in [-0.4, -0.2) is 13.1 Å². The molecule has 1 atom stereocenters. The Bertz CT molecular complexity index is 379. The van der Waals surface area contributed by atoms with E-state index in [4.69, 9.17) is 0 Å². The highest BCUT2D eigenvalue weighted by Crippen LogP contribution is 2.34. The van der Waals surface area contributed by atoms with Gasteiger partial charge in [-0.2, -0.15) is 13.2 Å². The molecule has 1 aromatic rings. The van der Waals surface area contributed by atoms with Gasteiger partial charge < -0.3 is 5.32 Å². The monoisotopic (exact) mass is 261 g/mol. The first kappa shape index (κ1) is 13.3. The van der Waals surface area contributed by atoms with Crippen molar-refractivity contribution in [3.8, 4) is 0 Å². The third-order valence-corrected chi connectivity index (χ3v) is 3.35. The van der Waals surface area contributed by atoms with Gasteiger partial charge in [0.25, 0.3) is 0 Å². The zero-order chi connectivity index (χ0) is 13.2. The van der Waals surface area contributed by atoms with E-state index in [2.05, 4.69) is 5.32 Å². The second-order valence-corrected chi connectivity index (χ2v) is 4.61. The van der Waals surface area contributed by atoms with E-state index >= 15 is 0 Å². The highest BCUT2D eigenvalue weighted by atomic mass is 19.4. The van der Waals surface area contributed by atoms with Crippen LogP contribution in [0.15, 0.2) is 24.3 Å². The van der Waals surface area contributed by atoms with Crippen molar-refractivity contribution in [2.75, 3.05) is 13.1 Å². The molecule has 0 bridgehead atoms. The minimum Gasteiger partial charge on any atom is -0.317 e. The number of benzene rings is 1. The number of halogens is 4. The van der Waals surface area contributed by atoms with Gasteiger partial charge in [-0.25, -0.2) is 4.39 Å². The third-order valence-electron chi connectivity index (χ3n) is 3.35. The summed E-state index contributed by atoms with van der Waals surface area (Å²) in [6, 6.07) is 4.39. The molecule has 0 aromatic heterocycles. The van der Waals surface area contributed by atoms with E-state index in [-0.39, 0.29) is 5.92 Å². The van der Waals surface area contributed by atoms with Gasteiger partial charge in [0.2, 0.25) is 0 Å². The average Bonchev–Trinajstić information content (AvgIpc) is 2.38. The van der Waals surface area contributed by atoms with E-state index in [1.807, 2.05) is 0 Å². The quantitative estimate of drug-likeness (QED) is 0.800. The third kappa shape index (κ3) is 3.02. The van der Waals surface area contributed by atoms with Crippen molar-refractivity contribution in [1.82, 2.24) is 5.32 Å². The molecule has 1 aliphatic heterocycles. The molecule has 1 aliphatic rings. The van der Waals surface area contributed by atoms with Gasteiger partial charge >= 0.3 is 6.18 Å². The number of nitrogens with one attached hydrogen (secondary N) is 1. The SMILES string of the molecule is FC(c1ccc(C(F)(F)F)cc1)C1CCNCC1. The van der Waals surface area contributed by atoms with Gasteiger partial charge in [-0.1, -0.05) is 12.1 Å². The molecule has 1 unspecified atom stereocenters. The molecule has 1 fully saturated rings. The Balaban J connectivity index is 2.09. The molecule has 2 rings (SSSR count). The fourth-order valence-corrected chi connectivity index (χ4v) is 2.27. The van der Waals surface area contributed by atoms with Gasteiger partial charge in [-0.05, 0) is 49.5 Å². The number of rotatable bonds is 2. The number of hydrogen-bond acceptors (Lipinski definition) is 1. The molecular formula is C13H15F4N. The lowest BCUT2D eigenvalue weighted by Crippen LogP contribution is -2.29. The molecule has 0 saturated carbocycles. The summed E-state index contributed by atoms with van der Waals surface area (Å²) in [5, 5.41) is 3.13. The second kappa shape index (κ2) is 5.26. The number of alkyl halides is 4. The lowest BCUT2D eigenvalue weighted by Gasteiger charge is -2.26. The van der Waals surface area contributed by atoms with Gasteiger partial charge in [0.05, 0.1) is 5.56 Å². The maximum Gasteiger partial charge on any atom is 0.416 e. The van der Waals surface area contributed by atoms with Gasteiger partial charge in [-0.15, -0.1) is 0 Å². The smallest absolute Gasteiger partial charge is 0.317 e. The summed E-state index contributed by atoms with van der Waals surface area (Å²) < 4.78 is 51.3. The first-order valence-corrected chi connectivity index (χ1v) is 6.00. The molecule has 0 radical (unpaired) electrons. The van der Waals surface area contributed by atoms with E-state index in [1.165, 1.54) is 12.1 Å². The van der Waals surface area contributed by atoms with E-state index in [1.54, 1.807) is 0 Å². The molecule has 1 nitrogen and oxygen atoms in total. The molecule has 1 saturated heterocycles. The average molecular weight is 261 g/mol. The summed E-state index contributed by atoms with van der Waals surface area (Å²) in [6.07, 6.45) is -4.09. The summed E-state index contributed by atoms with van der Waals surface area (Å²) in [6.45, 7) is 1.54. The van der Waals surface area contributed by atoms with Crippen molar-refractivity contribution in [3.05, 3.63) is 35.4 Å². The fraction of sp³-hybridized carbons (Fsp3) is 0.538. The first-order valence-electron chi connectivity index (χ1n) is 6.00. The van der Waals surface area contributed by atoms with Gasteiger partial charge in [0, 0.05) is 0 Å². The van der Waals surface area contributed by atoms with Crippen molar-refractivity contribution < 1.29 is 17.6 Å². The minimum absolute atomic E-state index is 0.0945. The van der Waals surface area contributed by atoms with Crippen LogP contribution in [0.25, 0.3) is 0 Å². The van der Waals surface area contributed by atoms with Crippen LogP contribution in [0.5, 0.6) is 0 Å². The molecule has 18 heavy (non-hydrogen) atoms. The lowest BCUT2D eigenvalue weighted by atomic mass is 9.89. The van der Waals surface area contributed by atoms with Crippen molar-refractivity contribution in [1.29, 1.82) is 0 Å². The van der Waals surface area contributed by atoms with Crippen LogP contribution in [0.2, 0.25) is 0 Å². The van der Waals surface area contributed by atoms with Crippen LogP contribution >= 0.6 is 0 Å². The maximum absolute atomic E-state index is 14.1. The second-order valence-electron chi connectivity index (χ2n) is 4.61. The van der Waals surface area contributed by atoms with Crippen molar-refractivity contribution in [2.45, 2.75) is 25.2 Å². The molecule has 0 spiro atoms. The molecule has 0 amide bonds. The summed E-state index contributed by atoms with van der Waals surface area (Å²) >= 11 is 0. The van der Waals surface area contributed by atoms with Crippen LogP contribution in [0.3, 0.4) is 0 Å². The number of hydrogen-bond donors (Lipinski definition) is 1. The van der Waals surface area contributed by atoms with Crippen molar-refractivity contribution >= 4 is 0 Å². The molecule has 0 aliphatic carbocycles. The summed E-state index contributed by atoms with van der Waals surface area (Å²) in [5.74, 6) is -0.0945. The van der Waals surface area contributed by atoms with Crippen LogP contribution < -0.4 is 5.32 Å². The fourth-order valence-electron chi connectivity index (χ4n) is 2.27. The summed E-state index contributed by atoms with van der Waals surface area (Å²) in [7, 11) is 0. The van der Waals surface area contributed by atoms with Gasteiger partial charge in [-0.3, -0.25) is 0 Å². The Labute approximate surface area is 103 Å². The minimum atomic E-state index is -4.36. The predicted molar refractivity (Wildman–Crippen MR) is 60.9 cm³/mol. The standard InChI is InChI=1S/C13H15F4N/c14-12(10-5-7-18-8-6-10)9-1-3-11(4-2-9)13(15,16)17/h1-4,10,12,18H,5-8H2. The molecule has 5 heteroatoms. The van der Waals surface area contributed by atoms with E-state index in [0.717, 1.165) is 38.1 Å². The molecule has 1 aromatic carbocycles. The number of piperidine rings is 1. The van der Waals surface area contributed by atoms with Gasteiger partial charge in [0.15, 0.2) is 0 Å². The Morgan fingerprint density at radius 1 is 1.06 bits per heavy atom. The predicted octanol–water partition coefficient (Wildman–Crippen LogP) is 3.72. The van der Waals surface area contributed by atoms with E-state index < -0.39 is 17.9 Å². The normalized spacial score (nSPS) is 19.8. The first-order chi connectivity index (χ1) is 8.48. The summed E-state index contributed by atoms with van der Waals surface area (Å²) in [5.41, 5.74) is -0.390. The maximum atomic E-state index is 14.1. The highest BCUT2D eigenvalue weighted by molar-refractivity contribution is 5.26. The van der Waals surface area contributed by atoms with E-state index in [9.17, 15) is 17.6 Å². The highest BCUT2D eigenvalue weighted by Gasteiger charge is 2.31. The molecule has 1 N–H and O–H groups in total. The zero-order valence-electron chi connectivity index (χ0n) is 9.80. The zero-order valence-corrected chi connectivity index (χ0v) is 9.80. The Kier molecular flexibility index (Phi) is 3.90.